The number of hydrogen-bond acceptors (Lipinski definition) is 2. The Bertz CT molecular complexity index is 389. The lowest BCUT2D eigenvalue weighted by Crippen LogP contribution is -2.15. The lowest BCUT2D eigenvalue weighted by Gasteiger charge is -2.14. The number of halogens is 6. The van der Waals surface area contributed by atoms with Crippen LogP contribution in [0.5, 0.6) is 5.75 Å². The summed E-state index contributed by atoms with van der Waals surface area (Å²) in [5.74, 6) is -0.305. The number of rotatable bonds is 3. The average Bonchev–Trinajstić information content (AvgIpc) is 2.20. The van der Waals surface area contributed by atoms with Gasteiger partial charge in [0, 0.05) is 12.5 Å². The van der Waals surface area contributed by atoms with Crippen LogP contribution in [0.25, 0.3) is 0 Å². The second-order valence-corrected chi connectivity index (χ2v) is 4.41. The molecule has 0 aliphatic heterocycles. The van der Waals surface area contributed by atoms with Gasteiger partial charge in [-0.25, -0.2) is 0 Å². The Kier molecular flexibility index (Phi) is 6.57. The summed E-state index contributed by atoms with van der Waals surface area (Å²) in [5, 5.41) is 9.22. The minimum absolute atomic E-state index is 0. The van der Waals surface area contributed by atoms with Crippen LogP contribution in [0.2, 0.25) is 10.0 Å². The van der Waals surface area contributed by atoms with Gasteiger partial charge in [-0.1, -0.05) is 23.2 Å². The number of hydrogen-bond donors (Lipinski definition) is 2. The Hall–Kier alpha value is -0.360. The largest absolute Gasteiger partial charge is 0.505 e. The first kappa shape index (κ1) is 17.6. The summed E-state index contributed by atoms with van der Waals surface area (Å²) in [4.78, 5) is 0. The molecule has 0 aliphatic carbocycles. The summed E-state index contributed by atoms with van der Waals surface area (Å²) in [6.45, 7) is 0. The molecule has 0 aliphatic rings. The fourth-order valence-corrected chi connectivity index (χ4v) is 1.79. The maximum Gasteiger partial charge on any atom is 0.389 e. The van der Waals surface area contributed by atoms with Crippen molar-refractivity contribution in [2.24, 2.45) is 5.73 Å². The van der Waals surface area contributed by atoms with E-state index in [0.29, 0.717) is 5.56 Å². The van der Waals surface area contributed by atoms with Crippen molar-refractivity contribution in [1.82, 2.24) is 0 Å². The van der Waals surface area contributed by atoms with Crippen molar-refractivity contribution in [2.45, 2.75) is 25.1 Å². The van der Waals surface area contributed by atoms with Crippen LogP contribution in [0.15, 0.2) is 12.1 Å². The van der Waals surface area contributed by atoms with E-state index in [1.54, 1.807) is 0 Å². The third-order valence-corrected chi connectivity index (χ3v) is 2.78. The van der Waals surface area contributed by atoms with E-state index < -0.39 is 18.6 Å². The lowest BCUT2D eigenvalue weighted by molar-refractivity contribution is -0.136. The normalized spacial score (nSPS) is 13.0. The molecule has 0 saturated heterocycles. The first-order valence-corrected chi connectivity index (χ1v) is 5.46. The van der Waals surface area contributed by atoms with E-state index >= 15 is 0 Å². The average molecular weight is 325 g/mol. The van der Waals surface area contributed by atoms with Gasteiger partial charge in [0.2, 0.25) is 0 Å². The van der Waals surface area contributed by atoms with Crippen LogP contribution in [0.1, 0.15) is 24.4 Å². The van der Waals surface area contributed by atoms with Crippen LogP contribution in [0.3, 0.4) is 0 Å². The van der Waals surface area contributed by atoms with Gasteiger partial charge in [-0.15, -0.1) is 12.4 Å². The fraction of sp³-hybridized carbons (Fsp3) is 0.400. The molecule has 0 fully saturated rings. The Morgan fingerprint density at radius 1 is 1.22 bits per heavy atom. The van der Waals surface area contributed by atoms with E-state index in [1.165, 1.54) is 12.1 Å². The molecule has 0 radical (unpaired) electrons. The molecule has 1 aromatic carbocycles. The van der Waals surface area contributed by atoms with E-state index in [2.05, 4.69) is 0 Å². The van der Waals surface area contributed by atoms with Crippen molar-refractivity contribution in [3.63, 3.8) is 0 Å². The van der Waals surface area contributed by atoms with Gasteiger partial charge in [0.15, 0.2) is 5.75 Å². The molecule has 0 amide bonds. The highest BCUT2D eigenvalue weighted by Crippen LogP contribution is 2.35. The van der Waals surface area contributed by atoms with Crippen LogP contribution in [-0.2, 0) is 0 Å². The number of phenolic OH excluding ortho intramolecular Hbond substituents is 1. The zero-order valence-corrected chi connectivity index (χ0v) is 11.3. The number of phenols is 1. The van der Waals surface area contributed by atoms with E-state index in [4.69, 9.17) is 28.9 Å². The quantitative estimate of drug-likeness (QED) is 0.862. The first-order valence-electron chi connectivity index (χ1n) is 4.71. The second-order valence-electron chi connectivity index (χ2n) is 3.59. The summed E-state index contributed by atoms with van der Waals surface area (Å²) in [6.07, 6.45) is -5.49. The predicted molar refractivity (Wildman–Crippen MR) is 67.6 cm³/mol. The summed E-state index contributed by atoms with van der Waals surface area (Å²) >= 11 is 11.3. The summed E-state index contributed by atoms with van der Waals surface area (Å²) in [6, 6.07) is 1.79. The fourth-order valence-electron chi connectivity index (χ4n) is 1.29. The molecule has 1 rings (SSSR count). The van der Waals surface area contributed by atoms with Gasteiger partial charge in [0.25, 0.3) is 0 Å². The molecule has 1 atom stereocenters. The van der Waals surface area contributed by atoms with E-state index in [9.17, 15) is 18.3 Å². The van der Waals surface area contributed by atoms with Crippen molar-refractivity contribution in [3.05, 3.63) is 27.7 Å². The lowest BCUT2D eigenvalue weighted by atomic mass is 10.0. The Balaban J connectivity index is 0.00000289. The molecular weight excluding hydrogens is 313 g/mol. The molecule has 104 valence electrons. The molecule has 0 unspecified atom stereocenters. The number of aromatic hydroxyl groups is 1. The summed E-state index contributed by atoms with van der Waals surface area (Å²) < 4.78 is 36.0. The molecule has 3 N–H and O–H groups in total. The molecule has 1 aromatic rings. The number of nitrogens with two attached hydrogens (primary N) is 1. The van der Waals surface area contributed by atoms with Gasteiger partial charge in [-0.2, -0.15) is 13.2 Å². The Morgan fingerprint density at radius 3 is 2.06 bits per heavy atom. The molecule has 0 aromatic heterocycles. The van der Waals surface area contributed by atoms with Gasteiger partial charge < -0.3 is 10.8 Å². The van der Waals surface area contributed by atoms with Crippen LogP contribution in [-0.4, -0.2) is 11.3 Å². The van der Waals surface area contributed by atoms with Crippen molar-refractivity contribution < 1.29 is 18.3 Å². The van der Waals surface area contributed by atoms with Gasteiger partial charge in [0.05, 0.1) is 10.0 Å². The SMILES string of the molecule is Cl.N[C@@H](CCC(F)(F)F)c1cc(Cl)c(O)c(Cl)c1. The highest BCUT2D eigenvalue weighted by Gasteiger charge is 2.28. The van der Waals surface area contributed by atoms with Crippen LogP contribution in [0.4, 0.5) is 13.2 Å². The topological polar surface area (TPSA) is 46.2 Å². The molecule has 18 heavy (non-hydrogen) atoms. The molecule has 0 saturated carbocycles. The Morgan fingerprint density at radius 2 is 1.67 bits per heavy atom. The highest BCUT2D eigenvalue weighted by atomic mass is 35.5. The predicted octanol–water partition coefficient (Wildman–Crippen LogP) is 4.46. The van der Waals surface area contributed by atoms with E-state index in [0.717, 1.165) is 0 Å². The summed E-state index contributed by atoms with van der Waals surface area (Å²) in [7, 11) is 0. The van der Waals surface area contributed by atoms with Crippen molar-refractivity contribution >= 4 is 35.6 Å². The van der Waals surface area contributed by atoms with Gasteiger partial charge in [0.1, 0.15) is 0 Å². The monoisotopic (exact) mass is 323 g/mol. The molecule has 0 spiro atoms. The van der Waals surface area contributed by atoms with Crippen LogP contribution >= 0.6 is 35.6 Å². The van der Waals surface area contributed by atoms with E-state index in [1.807, 2.05) is 0 Å². The standard InChI is InChI=1S/C10H10Cl2F3NO.ClH/c11-6-3-5(4-7(12)9(6)17)8(16)1-2-10(13,14)15;/h3-4,8,17H,1-2,16H2;1H/t8-;/m0./s1. The number of alkyl halides is 3. The maximum absolute atomic E-state index is 12.0. The van der Waals surface area contributed by atoms with Gasteiger partial charge >= 0.3 is 6.18 Å². The molecule has 0 bridgehead atoms. The van der Waals surface area contributed by atoms with Crippen LogP contribution in [0, 0.1) is 0 Å². The van der Waals surface area contributed by atoms with E-state index in [-0.39, 0.29) is 34.6 Å². The summed E-state index contributed by atoms with van der Waals surface area (Å²) in [5.41, 5.74) is 5.95. The first-order chi connectivity index (χ1) is 7.70. The second kappa shape index (κ2) is 6.70. The van der Waals surface area contributed by atoms with Gasteiger partial charge in [-0.05, 0) is 24.1 Å². The molecule has 2 nitrogen and oxygen atoms in total. The number of benzene rings is 1. The highest BCUT2D eigenvalue weighted by molar-refractivity contribution is 6.37. The molecule has 0 heterocycles. The van der Waals surface area contributed by atoms with Crippen LogP contribution < -0.4 is 5.73 Å². The third kappa shape index (κ3) is 5.10. The molecule has 8 heteroatoms. The van der Waals surface area contributed by atoms with Crippen molar-refractivity contribution in [3.8, 4) is 5.75 Å². The third-order valence-electron chi connectivity index (χ3n) is 2.21. The zero-order chi connectivity index (χ0) is 13.2. The molecular formula is C10H11Cl3F3NO. The minimum Gasteiger partial charge on any atom is -0.505 e. The minimum atomic E-state index is -4.25. The van der Waals surface area contributed by atoms with Gasteiger partial charge in [-0.3, -0.25) is 0 Å². The maximum atomic E-state index is 12.0. The smallest absolute Gasteiger partial charge is 0.389 e. The van der Waals surface area contributed by atoms with Crippen molar-refractivity contribution in [2.75, 3.05) is 0 Å². The zero-order valence-electron chi connectivity index (χ0n) is 8.97. The van der Waals surface area contributed by atoms with Crippen molar-refractivity contribution in [1.29, 1.82) is 0 Å². The Labute approximate surface area is 118 Å².